The van der Waals surface area contributed by atoms with E-state index >= 15 is 0 Å². The van der Waals surface area contributed by atoms with Crippen LogP contribution < -0.4 is 0 Å². The van der Waals surface area contributed by atoms with Gasteiger partial charge in [-0.1, -0.05) is 31.4 Å². The number of aromatic hydroxyl groups is 2. The minimum atomic E-state index is -0.421. The lowest BCUT2D eigenvalue weighted by Gasteiger charge is -2.28. The third-order valence-corrected chi connectivity index (χ3v) is 3.52. The first kappa shape index (κ1) is 15.7. The molecule has 0 bridgehead atoms. The molecule has 5 heteroatoms. The molecule has 0 aliphatic carbocycles. The Bertz CT molecular complexity index is 634. The summed E-state index contributed by atoms with van der Waals surface area (Å²) in [6.45, 7) is 8.22. The van der Waals surface area contributed by atoms with Crippen LogP contribution in [0.25, 0.3) is 0 Å². The molecule has 2 rings (SSSR count). The maximum atomic E-state index is 12.1. The van der Waals surface area contributed by atoms with Crippen LogP contribution in [0.3, 0.4) is 0 Å². The number of carbonyl (C=O) groups excluding carboxylic acids is 1. The standard InChI is InChI=1S/C17H19NO4/c1-3-5-12(4-2)11-22-17(21)18-7-6-13-8-15(19)16(20)9-14(13)10-18/h3-5,8-9,19-20H,1-2,6-7,10-11H2/b12-5+. The van der Waals surface area contributed by atoms with Crippen LogP contribution in [-0.4, -0.2) is 34.4 Å². The maximum absolute atomic E-state index is 12.1. The molecule has 0 unspecified atom stereocenters. The van der Waals surface area contributed by atoms with Gasteiger partial charge >= 0.3 is 6.09 Å². The van der Waals surface area contributed by atoms with Gasteiger partial charge in [-0.3, -0.25) is 0 Å². The number of rotatable bonds is 4. The lowest BCUT2D eigenvalue weighted by atomic mass is 9.99. The Labute approximate surface area is 129 Å². The lowest BCUT2D eigenvalue weighted by molar-refractivity contribution is 0.106. The van der Waals surface area contributed by atoms with Crippen molar-refractivity contribution in [1.82, 2.24) is 4.90 Å². The summed E-state index contributed by atoms with van der Waals surface area (Å²) in [6.07, 6.45) is 5.13. The maximum Gasteiger partial charge on any atom is 0.410 e. The third-order valence-electron chi connectivity index (χ3n) is 3.52. The summed E-state index contributed by atoms with van der Waals surface area (Å²) in [5.41, 5.74) is 2.50. The fourth-order valence-corrected chi connectivity index (χ4v) is 2.30. The molecule has 1 heterocycles. The van der Waals surface area contributed by atoms with Crippen LogP contribution in [0, 0.1) is 0 Å². The monoisotopic (exact) mass is 301 g/mol. The summed E-state index contributed by atoms with van der Waals surface area (Å²) >= 11 is 0. The van der Waals surface area contributed by atoms with Crippen molar-refractivity contribution in [2.75, 3.05) is 13.2 Å². The minimum absolute atomic E-state index is 0.137. The Morgan fingerprint density at radius 3 is 2.59 bits per heavy atom. The van der Waals surface area contributed by atoms with Crippen molar-refractivity contribution in [3.8, 4) is 11.5 Å². The van der Waals surface area contributed by atoms with Crippen molar-refractivity contribution in [1.29, 1.82) is 0 Å². The summed E-state index contributed by atoms with van der Waals surface area (Å²) in [4.78, 5) is 13.7. The number of phenols is 2. The molecule has 1 aliphatic heterocycles. The second-order valence-electron chi connectivity index (χ2n) is 5.02. The van der Waals surface area contributed by atoms with E-state index < -0.39 is 6.09 Å². The molecule has 1 aliphatic rings. The van der Waals surface area contributed by atoms with Crippen molar-refractivity contribution in [3.63, 3.8) is 0 Å². The summed E-state index contributed by atoms with van der Waals surface area (Å²) in [7, 11) is 0. The summed E-state index contributed by atoms with van der Waals surface area (Å²) < 4.78 is 5.24. The highest BCUT2D eigenvalue weighted by atomic mass is 16.6. The molecule has 0 spiro atoms. The van der Waals surface area contributed by atoms with E-state index in [1.54, 1.807) is 23.1 Å². The highest BCUT2D eigenvalue weighted by molar-refractivity contribution is 5.68. The van der Waals surface area contributed by atoms with Crippen LogP contribution in [0.4, 0.5) is 4.79 Å². The Morgan fingerprint density at radius 1 is 1.27 bits per heavy atom. The predicted octanol–water partition coefficient (Wildman–Crippen LogP) is 2.89. The van der Waals surface area contributed by atoms with Crippen LogP contribution in [-0.2, 0) is 17.7 Å². The van der Waals surface area contributed by atoms with Crippen molar-refractivity contribution >= 4 is 6.09 Å². The largest absolute Gasteiger partial charge is 0.504 e. The van der Waals surface area contributed by atoms with Gasteiger partial charge in [0.15, 0.2) is 11.5 Å². The molecule has 1 amide bonds. The molecule has 22 heavy (non-hydrogen) atoms. The van der Waals surface area contributed by atoms with E-state index in [2.05, 4.69) is 13.2 Å². The molecule has 0 aromatic heterocycles. The van der Waals surface area contributed by atoms with Gasteiger partial charge in [0.1, 0.15) is 6.61 Å². The van der Waals surface area contributed by atoms with Crippen LogP contribution in [0.1, 0.15) is 11.1 Å². The zero-order chi connectivity index (χ0) is 16.1. The second-order valence-corrected chi connectivity index (χ2v) is 5.02. The van der Waals surface area contributed by atoms with Crippen molar-refractivity contribution in [3.05, 3.63) is 60.2 Å². The lowest BCUT2D eigenvalue weighted by Crippen LogP contribution is -2.36. The predicted molar refractivity (Wildman–Crippen MR) is 83.7 cm³/mol. The summed E-state index contributed by atoms with van der Waals surface area (Å²) in [6, 6.07) is 3.02. The van der Waals surface area contributed by atoms with E-state index in [0.29, 0.717) is 19.5 Å². The van der Waals surface area contributed by atoms with Crippen LogP contribution >= 0.6 is 0 Å². The van der Waals surface area contributed by atoms with Gasteiger partial charge in [-0.2, -0.15) is 0 Å². The number of ether oxygens (including phenoxy) is 1. The smallest absolute Gasteiger partial charge is 0.410 e. The van der Waals surface area contributed by atoms with E-state index in [0.717, 1.165) is 16.7 Å². The van der Waals surface area contributed by atoms with Crippen molar-refractivity contribution < 1.29 is 19.7 Å². The zero-order valence-corrected chi connectivity index (χ0v) is 12.3. The van der Waals surface area contributed by atoms with Crippen LogP contribution in [0.5, 0.6) is 11.5 Å². The highest BCUT2D eigenvalue weighted by Gasteiger charge is 2.23. The van der Waals surface area contributed by atoms with Gasteiger partial charge in [0.05, 0.1) is 0 Å². The molecule has 0 radical (unpaired) electrons. The van der Waals surface area contributed by atoms with Gasteiger partial charge in [-0.25, -0.2) is 4.79 Å². The third kappa shape index (κ3) is 3.49. The van der Waals surface area contributed by atoms with Crippen molar-refractivity contribution in [2.24, 2.45) is 0 Å². The number of hydrogen-bond donors (Lipinski definition) is 2. The van der Waals surface area contributed by atoms with Gasteiger partial charge in [-0.15, -0.1) is 0 Å². The van der Waals surface area contributed by atoms with Crippen LogP contribution in [0.2, 0.25) is 0 Å². The van der Waals surface area contributed by atoms with E-state index in [9.17, 15) is 15.0 Å². The Morgan fingerprint density at radius 2 is 1.95 bits per heavy atom. The fourth-order valence-electron chi connectivity index (χ4n) is 2.30. The Kier molecular flexibility index (Phi) is 4.88. The van der Waals surface area contributed by atoms with E-state index in [1.165, 1.54) is 12.1 Å². The zero-order valence-electron chi connectivity index (χ0n) is 12.3. The van der Waals surface area contributed by atoms with Gasteiger partial charge in [-0.05, 0) is 35.3 Å². The topological polar surface area (TPSA) is 70.0 Å². The molecular formula is C17H19NO4. The SMILES string of the molecule is C=C/C=C(\C=C)COC(=O)N1CCc2cc(O)c(O)cc2C1. The van der Waals surface area contributed by atoms with E-state index in [1.807, 2.05) is 0 Å². The van der Waals surface area contributed by atoms with E-state index in [-0.39, 0.29) is 18.1 Å². The minimum Gasteiger partial charge on any atom is -0.504 e. The average Bonchev–Trinajstić information content (AvgIpc) is 2.51. The van der Waals surface area contributed by atoms with Crippen molar-refractivity contribution in [2.45, 2.75) is 13.0 Å². The number of amides is 1. The van der Waals surface area contributed by atoms with Gasteiger partial charge in [0, 0.05) is 13.1 Å². The second kappa shape index (κ2) is 6.85. The molecule has 1 aromatic carbocycles. The first-order valence-corrected chi connectivity index (χ1v) is 6.94. The molecular weight excluding hydrogens is 282 g/mol. The average molecular weight is 301 g/mol. The molecule has 2 N–H and O–H groups in total. The Balaban J connectivity index is 2.01. The van der Waals surface area contributed by atoms with Gasteiger partial charge in [0.25, 0.3) is 0 Å². The molecule has 5 nitrogen and oxygen atoms in total. The number of phenolic OH excluding ortho intramolecular Hbond substituents is 2. The molecule has 1 aromatic rings. The number of nitrogens with zero attached hydrogens (tertiary/aromatic N) is 1. The molecule has 116 valence electrons. The summed E-state index contributed by atoms with van der Waals surface area (Å²) in [5.74, 6) is -0.322. The van der Waals surface area contributed by atoms with Crippen LogP contribution in [0.15, 0.2) is 49.1 Å². The number of benzene rings is 1. The normalized spacial score (nSPS) is 14.2. The Hall–Kier alpha value is -2.69. The summed E-state index contributed by atoms with van der Waals surface area (Å²) in [5, 5.41) is 19.0. The number of fused-ring (bicyclic) bond motifs is 1. The molecule has 0 saturated heterocycles. The van der Waals surface area contributed by atoms with Gasteiger partial charge in [0.2, 0.25) is 0 Å². The fraction of sp³-hybridized carbons (Fsp3) is 0.235. The molecule has 0 fully saturated rings. The molecule has 0 saturated carbocycles. The quantitative estimate of drug-likeness (QED) is 0.662. The molecule has 0 atom stereocenters. The number of carbonyl (C=O) groups is 1. The number of allylic oxidation sites excluding steroid dienone is 2. The first-order chi connectivity index (χ1) is 10.5. The van der Waals surface area contributed by atoms with Gasteiger partial charge < -0.3 is 19.8 Å². The highest BCUT2D eigenvalue weighted by Crippen LogP contribution is 2.31. The van der Waals surface area contributed by atoms with E-state index in [4.69, 9.17) is 4.74 Å². The first-order valence-electron chi connectivity index (χ1n) is 6.94. The number of hydrogen-bond acceptors (Lipinski definition) is 4.